The van der Waals surface area contributed by atoms with Crippen molar-refractivity contribution in [1.82, 2.24) is 5.06 Å². The number of hydroxylamine groups is 2. The Hall–Kier alpha value is -1.20. The largest absolute Gasteiger partial charge is 0.342 e. The van der Waals surface area contributed by atoms with Crippen LogP contribution in [0.25, 0.3) is 0 Å². The molecule has 0 spiro atoms. The molecular formula is C16H23NO3. The first-order chi connectivity index (χ1) is 9.43. The van der Waals surface area contributed by atoms with E-state index in [0.717, 1.165) is 5.56 Å². The molecule has 1 aromatic carbocycles. The Bertz CT molecular complexity index is 446. The zero-order chi connectivity index (χ0) is 14.8. The van der Waals surface area contributed by atoms with Crippen molar-refractivity contribution in [2.75, 3.05) is 0 Å². The third-order valence-electron chi connectivity index (χ3n) is 3.53. The Morgan fingerprint density at radius 2 is 2.00 bits per heavy atom. The standard InChI is InChI=1S/C16H23NO3/c1-5-14-15(20-16(3,4)19-14)12(2)17(18)11-13-9-7-6-8-10-13/h5-10,12,14-15,18H,1,11H2,2-4H3/t12-,14+,15-/m0/s1. The van der Waals surface area contributed by atoms with Gasteiger partial charge in [0.15, 0.2) is 5.79 Å². The lowest BCUT2D eigenvalue weighted by atomic mass is 10.1. The molecule has 0 saturated carbocycles. The van der Waals surface area contributed by atoms with Gasteiger partial charge >= 0.3 is 0 Å². The van der Waals surface area contributed by atoms with E-state index in [2.05, 4.69) is 6.58 Å². The van der Waals surface area contributed by atoms with Gasteiger partial charge in [-0.1, -0.05) is 36.4 Å². The molecule has 1 aliphatic rings. The molecule has 1 N–H and O–H groups in total. The summed E-state index contributed by atoms with van der Waals surface area (Å²) in [4.78, 5) is 0. The lowest BCUT2D eigenvalue weighted by Crippen LogP contribution is -2.43. The molecule has 4 heteroatoms. The van der Waals surface area contributed by atoms with Crippen LogP contribution < -0.4 is 0 Å². The number of hydrogen-bond donors (Lipinski definition) is 1. The molecule has 3 atom stereocenters. The van der Waals surface area contributed by atoms with Crippen LogP contribution in [0, 0.1) is 0 Å². The smallest absolute Gasteiger partial charge is 0.164 e. The van der Waals surface area contributed by atoms with Gasteiger partial charge in [0.2, 0.25) is 0 Å². The average molecular weight is 277 g/mol. The first kappa shape index (κ1) is 15.2. The van der Waals surface area contributed by atoms with Crippen molar-refractivity contribution in [3.8, 4) is 0 Å². The topological polar surface area (TPSA) is 41.9 Å². The molecule has 0 radical (unpaired) electrons. The van der Waals surface area contributed by atoms with Crippen molar-refractivity contribution >= 4 is 0 Å². The maximum Gasteiger partial charge on any atom is 0.164 e. The van der Waals surface area contributed by atoms with E-state index >= 15 is 0 Å². The van der Waals surface area contributed by atoms with Crippen molar-refractivity contribution < 1.29 is 14.7 Å². The van der Waals surface area contributed by atoms with E-state index < -0.39 is 5.79 Å². The Labute approximate surface area is 120 Å². The SMILES string of the molecule is C=C[C@H]1OC(C)(C)O[C@H]1[C@H](C)N(O)Cc1ccccc1. The quantitative estimate of drug-likeness (QED) is 0.663. The van der Waals surface area contributed by atoms with Crippen molar-refractivity contribution in [3.05, 3.63) is 48.6 Å². The minimum Gasteiger partial charge on any atom is -0.342 e. The number of ether oxygens (including phenoxy) is 2. The Morgan fingerprint density at radius 3 is 2.60 bits per heavy atom. The fourth-order valence-electron chi connectivity index (χ4n) is 2.46. The van der Waals surface area contributed by atoms with Crippen LogP contribution in [0.1, 0.15) is 26.3 Å². The summed E-state index contributed by atoms with van der Waals surface area (Å²) in [6.45, 7) is 9.90. The molecule has 1 aliphatic heterocycles. The normalized spacial score (nSPS) is 26.6. The lowest BCUT2D eigenvalue weighted by Gasteiger charge is -2.29. The van der Waals surface area contributed by atoms with Gasteiger partial charge in [0.05, 0.1) is 6.04 Å². The van der Waals surface area contributed by atoms with E-state index in [9.17, 15) is 5.21 Å². The fraction of sp³-hybridized carbons (Fsp3) is 0.500. The highest BCUT2D eigenvalue weighted by Crippen LogP contribution is 2.31. The number of benzene rings is 1. The maximum absolute atomic E-state index is 10.3. The number of rotatable bonds is 5. The van der Waals surface area contributed by atoms with Gasteiger partial charge < -0.3 is 14.7 Å². The minimum absolute atomic E-state index is 0.194. The monoisotopic (exact) mass is 277 g/mol. The summed E-state index contributed by atoms with van der Waals surface area (Å²) in [5.74, 6) is -0.647. The Kier molecular flexibility index (Phi) is 4.60. The first-order valence-electron chi connectivity index (χ1n) is 6.90. The van der Waals surface area contributed by atoms with Crippen LogP contribution in [0.2, 0.25) is 0 Å². The summed E-state index contributed by atoms with van der Waals surface area (Å²) in [7, 11) is 0. The van der Waals surface area contributed by atoms with Crippen molar-refractivity contribution in [2.24, 2.45) is 0 Å². The molecule has 0 bridgehead atoms. The van der Waals surface area contributed by atoms with Crippen molar-refractivity contribution in [3.63, 3.8) is 0 Å². The van der Waals surface area contributed by atoms with Gasteiger partial charge in [-0.15, -0.1) is 6.58 Å². The highest BCUT2D eigenvalue weighted by atomic mass is 16.8. The van der Waals surface area contributed by atoms with E-state index in [1.807, 2.05) is 51.1 Å². The van der Waals surface area contributed by atoms with E-state index in [-0.39, 0.29) is 18.2 Å². The highest BCUT2D eigenvalue weighted by molar-refractivity contribution is 5.14. The van der Waals surface area contributed by atoms with E-state index in [0.29, 0.717) is 6.54 Å². The van der Waals surface area contributed by atoms with Gasteiger partial charge in [0.1, 0.15) is 12.2 Å². The third kappa shape index (κ3) is 3.46. The third-order valence-corrected chi connectivity index (χ3v) is 3.53. The highest BCUT2D eigenvalue weighted by Gasteiger charge is 2.43. The van der Waals surface area contributed by atoms with Crippen LogP contribution in [0.15, 0.2) is 43.0 Å². The molecular weight excluding hydrogens is 254 g/mol. The zero-order valence-electron chi connectivity index (χ0n) is 12.3. The Balaban J connectivity index is 2.03. The lowest BCUT2D eigenvalue weighted by molar-refractivity contribution is -0.184. The molecule has 4 nitrogen and oxygen atoms in total. The van der Waals surface area contributed by atoms with E-state index in [4.69, 9.17) is 9.47 Å². The van der Waals surface area contributed by atoms with Gasteiger partial charge in [-0.25, -0.2) is 0 Å². The number of hydrogen-bond acceptors (Lipinski definition) is 4. The van der Waals surface area contributed by atoms with Crippen LogP contribution in [0.4, 0.5) is 0 Å². The molecule has 1 heterocycles. The molecule has 2 rings (SSSR count). The first-order valence-corrected chi connectivity index (χ1v) is 6.90. The molecule has 0 amide bonds. The van der Waals surface area contributed by atoms with Crippen molar-refractivity contribution in [1.29, 1.82) is 0 Å². The molecule has 20 heavy (non-hydrogen) atoms. The van der Waals surface area contributed by atoms with Crippen LogP contribution in [-0.4, -0.2) is 34.3 Å². The minimum atomic E-state index is -0.647. The van der Waals surface area contributed by atoms with E-state index in [1.54, 1.807) is 6.08 Å². The fourth-order valence-corrected chi connectivity index (χ4v) is 2.46. The van der Waals surface area contributed by atoms with Crippen LogP contribution in [-0.2, 0) is 16.0 Å². The second-order valence-corrected chi connectivity index (χ2v) is 5.62. The molecule has 1 fully saturated rings. The molecule has 110 valence electrons. The van der Waals surface area contributed by atoms with Crippen LogP contribution in [0.5, 0.6) is 0 Å². The molecule has 0 aromatic heterocycles. The van der Waals surface area contributed by atoms with Crippen LogP contribution in [0.3, 0.4) is 0 Å². The van der Waals surface area contributed by atoms with Crippen LogP contribution >= 0.6 is 0 Å². The summed E-state index contributed by atoms with van der Waals surface area (Å²) in [5, 5.41) is 11.6. The molecule has 0 unspecified atom stereocenters. The van der Waals surface area contributed by atoms with Gasteiger partial charge in [-0.05, 0) is 26.3 Å². The molecule has 1 aromatic rings. The van der Waals surface area contributed by atoms with E-state index in [1.165, 1.54) is 5.06 Å². The summed E-state index contributed by atoms with van der Waals surface area (Å²) < 4.78 is 11.6. The summed E-state index contributed by atoms with van der Waals surface area (Å²) in [6, 6.07) is 9.64. The zero-order valence-corrected chi connectivity index (χ0v) is 12.3. The second-order valence-electron chi connectivity index (χ2n) is 5.62. The van der Waals surface area contributed by atoms with Gasteiger partial charge in [0, 0.05) is 6.54 Å². The maximum atomic E-state index is 10.3. The molecule has 0 aliphatic carbocycles. The van der Waals surface area contributed by atoms with Crippen molar-refractivity contribution in [2.45, 2.75) is 51.4 Å². The van der Waals surface area contributed by atoms with Gasteiger partial charge in [0.25, 0.3) is 0 Å². The van der Waals surface area contributed by atoms with Gasteiger partial charge in [-0.2, -0.15) is 5.06 Å². The average Bonchev–Trinajstić information content (AvgIpc) is 2.74. The summed E-state index contributed by atoms with van der Waals surface area (Å²) in [5.41, 5.74) is 1.05. The van der Waals surface area contributed by atoms with Gasteiger partial charge in [-0.3, -0.25) is 0 Å². The second kappa shape index (κ2) is 6.06. The summed E-state index contributed by atoms with van der Waals surface area (Å²) in [6.07, 6.45) is 1.27. The number of nitrogens with zero attached hydrogens (tertiary/aromatic N) is 1. The summed E-state index contributed by atoms with van der Waals surface area (Å²) >= 11 is 0. The molecule has 1 saturated heterocycles. The Morgan fingerprint density at radius 1 is 1.35 bits per heavy atom. The predicted molar refractivity (Wildman–Crippen MR) is 77.3 cm³/mol. The predicted octanol–water partition coefficient (Wildman–Crippen LogP) is 2.97.